The van der Waals surface area contributed by atoms with Gasteiger partial charge in [-0.05, 0) is 18.2 Å². The van der Waals surface area contributed by atoms with Crippen molar-refractivity contribution >= 4 is 38.8 Å². The Morgan fingerprint density at radius 2 is 1.67 bits per heavy atom. The SMILES string of the molecule is O=C1CC(S(=O)(=O)c2cc(C(=O)Nc3cc(F)c(F)c(F)c3)ccc2Cl)C1. The number of nitrogens with one attached hydrogen (secondary N) is 1. The van der Waals surface area contributed by atoms with Crippen LogP contribution in [0, 0.1) is 17.5 Å². The Morgan fingerprint density at radius 1 is 1.07 bits per heavy atom. The molecule has 0 heterocycles. The molecule has 2 aromatic rings. The van der Waals surface area contributed by atoms with Gasteiger partial charge in [0.25, 0.3) is 5.91 Å². The lowest BCUT2D eigenvalue weighted by atomic mass is 9.98. The summed E-state index contributed by atoms with van der Waals surface area (Å²) in [6.45, 7) is 0. The summed E-state index contributed by atoms with van der Waals surface area (Å²) >= 11 is 5.93. The average Bonchev–Trinajstić information content (AvgIpc) is 2.56. The molecule has 10 heteroatoms. The van der Waals surface area contributed by atoms with Gasteiger partial charge in [-0.25, -0.2) is 21.6 Å². The van der Waals surface area contributed by atoms with Crippen LogP contribution in [0.5, 0.6) is 0 Å². The predicted octanol–water partition coefficient (Wildman–Crippen LogP) is 3.51. The first kappa shape index (κ1) is 19.4. The molecule has 142 valence electrons. The van der Waals surface area contributed by atoms with Crippen molar-refractivity contribution in [3.8, 4) is 0 Å². The molecule has 2 aromatic carbocycles. The van der Waals surface area contributed by atoms with Crippen LogP contribution < -0.4 is 5.32 Å². The zero-order valence-corrected chi connectivity index (χ0v) is 15.0. The largest absolute Gasteiger partial charge is 0.322 e. The second-order valence-corrected chi connectivity index (χ2v) is 8.57. The van der Waals surface area contributed by atoms with E-state index in [0.29, 0.717) is 12.1 Å². The fourth-order valence-electron chi connectivity index (χ4n) is 2.54. The maximum absolute atomic E-state index is 13.2. The maximum atomic E-state index is 13.2. The summed E-state index contributed by atoms with van der Waals surface area (Å²) in [5.74, 6) is -5.71. The highest BCUT2D eigenvalue weighted by molar-refractivity contribution is 7.92. The van der Waals surface area contributed by atoms with Gasteiger partial charge in [0, 0.05) is 36.2 Å². The van der Waals surface area contributed by atoms with Gasteiger partial charge in [-0.2, -0.15) is 0 Å². The van der Waals surface area contributed by atoms with Crippen molar-refractivity contribution in [2.24, 2.45) is 0 Å². The van der Waals surface area contributed by atoms with E-state index in [-0.39, 0.29) is 39.8 Å². The highest BCUT2D eigenvalue weighted by atomic mass is 35.5. The number of anilines is 1. The highest BCUT2D eigenvalue weighted by Gasteiger charge is 2.39. The summed E-state index contributed by atoms with van der Waals surface area (Å²) in [6.07, 6.45) is -0.244. The molecule has 0 radical (unpaired) electrons. The third-order valence-corrected chi connectivity index (χ3v) is 6.69. The minimum absolute atomic E-state index is 0.121. The van der Waals surface area contributed by atoms with E-state index >= 15 is 0 Å². The molecule has 0 unspecified atom stereocenters. The Morgan fingerprint density at radius 3 is 2.22 bits per heavy atom. The molecule has 0 saturated heterocycles. The number of carbonyl (C=O) groups is 2. The normalized spacial score (nSPS) is 14.7. The number of Topliss-reactive ketones (excluding diaryl/α,β-unsaturated/α-hetero) is 1. The van der Waals surface area contributed by atoms with E-state index < -0.39 is 38.4 Å². The van der Waals surface area contributed by atoms with Gasteiger partial charge in [-0.3, -0.25) is 9.59 Å². The summed E-state index contributed by atoms with van der Waals surface area (Å²) < 4.78 is 64.5. The van der Waals surface area contributed by atoms with E-state index in [4.69, 9.17) is 11.6 Å². The predicted molar refractivity (Wildman–Crippen MR) is 90.9 cm³/mol. The number of carbonyl (C=O) groups excluding carboxylic acids is 2. The molecule has 0 aliphatic heterocycles. The van der Waals surface area contributed by atoms with Crippen LogP contribution in [-0.4, -0.2) is 25.4 Å². The molecular weight excluding hydrogens is 407 g/mol. The summed E-state index contributed by atoms with van der Waals surface area (Å²) in [7, 11) is -3.92. The van der Waals surface area contributed by atoms with Gasteiger partial charge >= 0.3 is 0 Å². The molecule has 0 aromatic heterocycles. The first-order chi connectivity index (χ1) is 12.6. The standard InChI is InChI=1S/C17H11ClF3NO4S/c18-12-2-1-8(3-15(12)27(25,26)11-6-10(23)7-11)17(24)22-9-4-13(19)16(21)14(20)5-9/h1-5,11H,6-7H2,(H,22,24). The number of ketones is 1. The number of sulfone groups is 1. The molecule has 1 fully saturated rings. The summed E-state index contributed by atoms with van der Waals surface area (Å²) in [4.78, 5) is 23.0. The van der Waals surface area contributed by atoms with Gasteiger partial charge in [0.2, 0.25) is 0 Å². The molecular formula is C17H11ClF3NO4S. The summed E-state index contributed by atoms with van der Waals surface area (Å²) in [6, 6.07) is 4.61. The number of amides is 1. The van der Waals surface area contributed by atoms with Crippen LogP contribution in [0.2, 0.25) is 5.02 Å². The molecule has 3 rings (SSSR count). The third kappa shape index (κ3) is 3.70. The molecule has 1 saturated carbocycles. The van der Waals surface area contributed by atoms with Crippen LogP contribution in [0.1, 0.15) is 23.2 Å². The van der Waals surface area contributed by atoms with Gasteiger partial charge in [0.15, 0.2) is 27.3 Å². The fourth-order valence-corrected chi connectivity index (χ4v) is 4.78. The van der Waals surface area contributed by atoms with Crippen molar-refractivity contribution < 1.29 is 31.2 Å². The smallest absolute Gasteiger partial charge is 0.255 e. The fraction of sp³-hybridized carbons (Fsp3) is 0.176. The minimum atomic E-state index is -3.92. The Labute approximate surface area is 157 Å². The van der Waals surface area contributed by atoms with Gasteiger partial charge < -0.3 is 5.32 Å². The van der Waals surface area contributed by atoms with Crippen molar-refractivity contribution in [3.05, 3.63) is 58.4 Å². The Kier molecular flexibility index (Phi) is 5.00. The van der Waals surface area contributed by atoms with E-state index in [2.05, 4.69) is 5.32 Å². The van der Waals surface area contributed by atoms with E-state index in [1.807, 2.05) is 0 Å². The first-order valence-corrected chi connectivity index (χ1v) is 9.53. The van der Waals surface area contributed by atoms with Crippen LogP contribution >= 0.6 is 11.6 Å². The zero-order chi connectivity index (χ0) is 19.9. The van der Waals surface area contributed by atoms with Crippen LogP contribution in [-0.2, 0) is 14.6 Å². The van der Waals surface area contributed by atoms with Crippen molar-refractivity contribution in [2.75, 3.05) is 5.32 Å². The Hall–Kier alpha value is -2.39. The van der Waals surface area contributed by atoms with Crippen LogP contribution in [0.3, 0.4) is 0 Å². The quantitative estimate of drug-likeness (QED) is 0.772. The molecule has 0 bridgehead atoms. The van der Waals surface area contributed by atoms with E-state index in [1.165, 1.54) is 12.1 Å². The minimum Gasteiger partial charge on any atom is -0.322 e. The molecule has 27 heavy (non-hydrogen) atoms. The third-order valence-electron chi connectivity index (χ3n) is 4.09. The number of hydrogen-bond donors (Lipinski definition) is 1. The molecule has 0 atom stereocenters. The lowest BCUT2D eigenvalue weighted by molar-refractivity contribution is -0.123. The van der Waals surface area contributed by atoms with E-state index in [0.717, 1.165) is 6.07 Å². The molecule has 1 aliphatic carbocycles. The number of benzene rings is 2. The summed E-state index contributed by atoms with van der Waals surface area (Å²) in [5, 5.41) is 1.13. The van der Waals surface area contributed by atoms with Crippen molar-refractivity contribution in [3.63, 3.8) is 0 Å². The van der Waals surface area contributed by atoms with Crippen LogP contribution in [0.4, 0.5) is 18.9 Å². The van der Waals surface area contributed by atoms with Gasteiger partial charge in [-0.1, -0.05) is 11.6 Å². The highest BCUT2D eigenvalue weighted by Crippen LogP contribution is 2.33. The molecule has 0 spiro atoms. The maximum Gasteiger partial charge on any atom is 0.255 e. The Balaban J connectivity index is 1.89. The molecule has 1 aliphatic rings. The van der Waals surface area contributed by atoms with Gasteiger partial charge in [-0.15, -0.1) is 0 Å². The second kappa shape index (κ2) is 6.97. The molecule has 1 amide bonds. The zero-order valence-electron chi connectivity index (χ0n) is 13.4. The average molecular weight is 418 g/mol. The number of hydrogen-bond acceptors (Lipinski definition) is 4. The van der Waals surface area contributed by atoms with Crippen LogP contribution in [0.15, 0.2) is 35.2 Å². The first-order valence-electron chi connectivity index (χ1n) is 7.60. The summed E-state index contributed by atoms with van der Waals surface area (Å²) in [5.41, 5.74) is -0.492. The van der Waals surface area contributed by atoms with E-state index in [9.17, 15) is 31.2 Å². The Bertz CT molecular complexity index is 1040. The van der Waals surface area contributed by atoms with Crippen LogP contribution in [0.25, 0.3) is 0 Å². The van der Waals surface area contributed by atoms with Gasteiger partial charge in [0.05, 0.1) is 15.2 Å². The molecule has 1 N–H and O–H groups in total. The van der Waals surface area contributed by atoms with Crippen molar-refractivity contribution in [1.29, 1.82) is 0 Å². The number of rotatable bonds is 4. The lowest BCUT2D eigenvalue weighted by Crippen LogP contribution is -2.36. The van der Waals surface area contributed by atoms with Crippen molar-refractivity contribution in [2.45, 2.75) is 23.0 Å². The van der Waals surface area contributed by atoms with Gasteiger partial charge in [0.1, 0.15) is 5.78 Å². The monoisotopic (exact) mass is 417 g/mol. The lowest BCUT2D eigenvalue weighted by Gasteiger charge is -2.24. The molecule has 5 nitrogen and oxygen atoms in total. The number of halogens is 4. The second-order valence-electron chi connectivity index (χ2n) is 5.97. The van der Waals surface area contributed by atoms with Crippen molar-refractivity contribution in [1.82, 2.24) is 0 Å². The van der Waals surface area contributed by atoms with E-state index in [1.54, 1.807) is 0 Å². The topological polar surface area (TPSA) is 80.3 Å².